The number of rotatable bonds is 5. The van der Waals surface area contributed by atoms with E-state index in [1.165, 1.54) is 7.11 Å². The van der Waals surface area contributed by atoms with Crippen molar-refractivity contribution in [2.24, 2.45) is 0 Å². The van der Waals surface area contributed by atoms with E-state index >= 15 is 0 Å². The van der Waals surface area contributed by atoms with Crippen molar-refractivity contribution in [2.45, 2.75) is 6.92 Å². The van der Waals surface area contributed by atoms with Gasteiger partial charge in [0, 0.05) is 17.4 Å². The summed E-state index contributed by atoms with van der Waals surface area (Å²) in [5, 5.41) is 5.40. The molecular weight excluding hydrogens is 296 g/mol. The van der Waals surface area contributed by atoms with Gasteiger partial charge in [-0.2, -0.15) is 0 Å². The number of amides is 2. The van der Waals surface area contributed by atoms with Crippen LogP contribution in [0.2, 0.25) is 0 Å². The first-order chi connectivity index (χ1) is 11.1. The molecule has 120 valence electrons. The summed E-state index contributed by atoms with van der Waals surface area (Å²) in [4.78, 5) is 23.3. The molecule has 0 aliphatic rings. The number of ether oxygens (including phenoxy) is 2. The Labute approximate surface area is 134 Å². The molecule has 0 saturated carbocycles. The minimum Gasteiger partial charge on any atom is -0.494 e. The summed E-state index contributed by atoms with van der Waals surface area (Å²) in [6.07, 6.45) is 0. The molecule has 0 atom stereocenters. The molecular formula is C17H18N2O4. The Morgan fingerprint density at radius 3 is 2.35 bits per heavy atom. The van der Waals surface area contributed by atoms with Gasteiger partial charge in [-0.1, -0.05) is 6.07 Å². The van der Waals surface area contributed by atoms with Crippen molar-refractivity contribution < 1.29 is 19.1 Å². The number of hydrogen-bond donors (Lipinski definition) is 2. The third kappa shape index (κ3) is 4.74. The van der Waals surface area contributed by atoms with E-state index in [1.807, 2.05) is 13.0 Å². The summed E-state index contributed by atoms with van der Waals surface area (Å²) in [6.45, 7) is 2.45. The van der Waals surface area contributed by atoms with Crippen LogP contribution in [0.1, 0.15) is 17.3 Å². The molecule has 0 aromatic heterocycles. The minimum atomic E-state index is -0.422. The lowest BCUT2D eigenvalue weighted by molar-refractivity contribution is 0.0601. The Kier molecular flexibility index (Phi) is 5.57. The number of anilines is 2. The third-order valence-corrected chi connectivity index (χ3v) is 2.97. The largest absolute Gasteiger partial charge is 0.494 e. The second-order valence-electron chi connectivity index (χ2n) is 4.61. The van der Waals surface area contributed by atoms with E-state index in [0.717, 1.165) is 0 Å². The molecule has 0 fully saturated rings. The summed E-state index contributed by atoms with van der Waals surface area (Å²) >= 11 is 0. The average Bonchev–Trinajstić information content (AvgIpc) is 2.55. The zero-order valence-electron chi connectivity index (χ0n) is 13.0. The Morgan fingerprint density at radius 2 is 1.70 bits per heavy atom. The normalized spacial score (nSPS) is 9.83. The predicted molar refractivity (Wildman–Crippen MR) is 88.0 cm³/mol. The van der Waals surface area contributed by atoms with Gasteiger partial charge in [0.15, 0.2) is 0 Å². The van der Waals surface area contributed by atoms with Gasteiger partial charge in [-0.3, -0.25) is 0 Å². The Hall–Kier alpha value is -3.02. The van der Waals surface area contributed by atoms with Gasteiger partial charge >= 0.3 is 12.0 Å². The topological polar surface area (TPSA) is 76.7 Å². The maximum atomic E-state index is 12.0. The first-order valence-electron chi connectivity index (χ1n) is 7.11. The standard InChI is InChI=1S/C17H18N2O4/c1-3-23-15-6-4-5-14(11-15)19-17(21)18-13-9-7-12(8-10-13)16(20)22-2/h4-11H,3H2,1-2H3,(H2,18,19,21). The molecule has 2 rings (SSSR count). The van der Waals surface area contributed by atoms with E-state index < -0.39 is 5.97 Å². The van der Waals surface area contributed by atoms with Crippen molar-refractivity contribution >= 4 is 23.4 Å². The van der Waals surface area contributed by atoms with Gasteiger partial charge in [0.1, 0.15) is 5.75 Å². The van der Waals surface area contributed by atoms with Crippen LogP contribution in [0.5, 0.6) is 5.75 Å². The molecule has 2 amide bonds. The van der Waals surface area contributed by atoms with E-state index in [-0.39, 0.29) is 6.03 Å². The monoisotopic (exact) mass is 314 g/mol. The second-order valence-corrected chi connectivity index (χ2v) is 4.61. The maximum Gasteiger partial charge on any atom is 0.337 e. The number of urea groups is 1. The number of carbonyl (C=O) groups is 2. The number of methoxy groups -OCH3 is 1. The second kappa shape index (κ2) is 7.84. The lowest BCUT2D eigenvalue weighted by Gasteiger charge is -2.09. The molecule has 0 unspecified atom stereocenters. The quantitative estimate of drug-likeness (QED) is 0.828. The van der Waals surface area contributed by atoms with E-state index in [2.05, 4.69) is 15.4 Å². The van der Waals surface area contributed by atoms with Crippen LogP contribution in [0.25, 0.3) is 0 Å². The molecule has 0 aliphatic carbocycles. The summed E-state index contributed by atoms with van der Waals surface area (Å²) in [6, 6.07) is 13.2. The fraction of sp³-hybridized carbons (Fsp3) is 0.176. The van der Waals surface area contributed by atoms with Crippen molar-refractivity contribution in [3.8, 4) is 5.75 Å². The van der Waals surface area contributed by atoms with Gasteiger partial charge in [0.25, 0.3) is 0 Å². The highest BCUT2D eigenvalue weighted by atomic mass is 16.5. The van der Waals surface area contributed by atoms with Gasteiger partial charge in [0.05, 0.1) is 19.3 Å². The van der Waals surface area contributed by atoms with Crippen LogP contribution in [0, 0.1) is 0 Å². The minimum absolute atomic E-state index is 0.385. The smallest absolute Gasteiger partial charge is 0.337 e. The molecule has 0 radical (unpaired) electrons. The summed E-state index contributed by atoms with van der Waals surface area (Å²) in [5.74, 6) is 0.265. The van der Waals surface area contributed by atoms with Crippen molar-refractivity contribution in [1.29, 1.82) is 0 Å². The number of nitrogens with one attached hydrogen (secondary N) is 2. The van der Waals surface area contributed by atoms with Gasteiger partial charge in [-0.05, 0) is 43.3 Å². The third-order valence-electron chi connectivity index (χ3n) is 2.97. The van der Waals surface area contributed by atoms with Gasteiger partial charge in [-0.15, -0.1) is 0 Å². The van der Waals surface area contributed by atoms with Crippen molar-refractivity contribution in [3.63, 3.8) is 0 Å². The van der Waals surface area contributed by atoms with E-state index in [9.17, 15) is 9.59 Å². The summed E-state index contributed by atoms with van der Waals surface area (Å²) in [7, 11) is 1.32. The van der Waals surface area contributed by atoms with E-state index in [4.69, 9.17) is 4.74 Å². The van der Waals surface area contributed by atoms with Crippen LogP contribution in [0.4, 0.5) is 16.2 Å². The molecule has 0 saturated heterocycles. The first kappa shape index (κ1) is 16.4. The van der Waals surface area contributed by atoms with Crippen molar-refractivity contribution in [2.75, 3.05) is 24.4 Å². The predicted octanol–water partition coefficient (Wildman–Crippen LogP) is 3.52. The highest BCUT2D eigenvalue weighted by molar-refractivity contribution is 6.00. The van der Waals surface area contributed by atoms with E-state index in [1.54, 1.807) is 42.5 Å². The zero-order valence-corrected chi connectivity index (χ0v) is 13.0. The Balaban J connectivity index is 1.96. The molecule has 0 bridgehead atoms. The van der Waals surface area contributed by atoms with Crippen LogP contribution in [-0.2, 0) is 4.74 Å². The van der Waals surface area contributed by atoms with Gasteiger partial charge < -0.3 is 20.1 Å². The van der Waals surface area contributed by atoms with Crippen molar-refractivity contribution in [1.82, 2.24) is 0 Å². The highest BCUT2D eigenvalue weighted by Crippen LogP contribution is 2.18. The fourth-order valence-corrected chi connectivity index (χ4v) is 1.93. The summed E-state index contributed by atoms with van der Waals surface area (Å²) in [5.41, 5.74) is 1.61. The van der Waals surface area contributed by atoms with E-state index in [0.29, 0.717) is 29.3 Å². The maximum absolute atomic E-state index is 12.0. The molecule has 2 N–H and O–H groups in total. The number of hydrogen-bond acceptors (Lipinski definition) is 4. The number of benzene rings is 2. The van der Waals surface area contributed by atoms with Crippen LogP contribution in [0.15, 0.2) is 48.5 Å². The fourth-order valence-electron chi connectivity index (χ4n) is 1.93. The molecule has 0 aliphatic heterocycles. The molecule has 0 heterocycles. The average molecular weight is 314 g/mol. The Bertz CT molecular complexity index is 683. The molecule has 2 aromatic carbocycles. The molecule has 0 spiro atoms. The molecule has 6 nitrogen and oxygen atoms in total. The van der Waals surface area contributed by atoms with Crippen LogP contribution >= 0.6 is 0 Å². The SMILES string of the molecule is CCOc1cccc(NC(=O)Nc2ccc(C(=O)OC)cc2)c1. The Morgan fingerprint density at radius 1 is 1.00 bits per heavy atom. The number of carbonyl (C=O) groups excluding carboxylic acids is 2. The van der Waals surface area contributed by atoms with Crippen LogP contribution in [0.3, 0.4) is 0 Å². The summed E-state index contributed by atoms with van der Waals surface area (Å²) < 4.78 is 9.99. The lowest BCUT2D eigenvalue weighted by Crippen LogP contribution is -2.19. The molecule has 6 heteroatoms. The zero-order chi connectivity index (χ0) is 16.7. The van der Waals surface area contributed by atoms with Crippen LogP contribution in [-0.4, -0.2) is 25.7 Å². The van der Waals surface area contributed by atoms with Gasteiger partial charge in [0.2, 0.25) is 0 Å². The first-order valence-corrected chi connectivity index (χ1v) is 7.11. The lowest BCUT2D eigenvalue weighted by atomic mass is 10.2. The molecule has 23 heavy (non-hydrogen) atoms. The van der Waals surface area contributed by atoms with Crippen LogP contribution < -0.4 is 15.4 Å². The van der Waals surface area contributed by atoms with Gasteiger partial charge in [-0.25, -0.2) is 9.59 Å². The molecule has 2 aromatic rings. The highest BCUT2D eigenvalue weighted by Gasteiger charge is 2.07. The number of esters is 1. The van der Waals surface area contributed by atoms with Crippen molar-refractivity contribution in [3.05, 3.63) is 54.1 Å².